The molecule has 0 aromatic carbocycles. The van der Waals surface area contributed by atoms with Gasteiger partial charge >= 0.3 is 0 Å². The van der Waals surface area contributed by atoms with Gasteiger partial charge in [-0.15, -0.1) is 0 Å². The van der Waals surface area contributed by atoms with Crippen LogP contribution in [0.15, 0.2) is 12.3 Å². The van der Waals surface area contributed by atoms with Crippen LogP contribution in [-0.4, -0.2) is 62.6 Å². The maximum atomic E-state index is 13.1. The monoisotopic (exact) mass is 384 g/mol. The Balaban J connectivity index is 1.71. The molecule has 3 heterocycles. The zero-order chi connectivity index (χ0) is 20.4. The third kappa shape index (κ3) is 3.91. The topological polar surface area (TPSA) is 108 Å². The highest BCUT2D eigenvalue weighted by Gasteiger charge is 2.32. The van der Waals surface area contributed by atoms with Crippen LogP contribution in [0.5, 0.6) is 0 Å². The molecule has 3 N–H and O–H groups in total. The van der Waals surface area contributed by atoms with Crippen LogP contribution in [0, 0.1) is 6.92 Å². The normalized spacial score (nSPS) is 16.8. The average Bonchev–Trinajstić information content (AvgIpc) is 3.25. The Morgan fingerprint density at radius 2 is 2.18 bits per heavy atom. The Kier molecular flexibility index (Phi) is 5.79. The molecular formula is C20H28N6O2. The first-order valence-corrected chi connectivity index (χ1v) is 9.61. The first-order chi connectivity index (χ1) is 13.3. The lowest BCUT2D eigenvalue weighted by molar-refractivity contribution is 0.0773. The van der Waals surface area contributed by atoms with E-state index in [4.69, 9.17) is 5.73 Å². The molecule has 1 aliphatic heterocycles. The quantitative estimate of drug-likeness (QED) is 0.735. The summed E-state index contributed by atoms with van der Waals surface area (Å²) in [6.07, 6.45) is 3.18. The fourth-order valence-corrected chi connectivity index (χ4v) is 3.98. The number of likely N-dealkylation sites (tertiary alicyclic amines) is 1. The number of anilines is 1. The number of rotatable bonds is 6. The summed E-state index contributed by atoms with van der Waals surface area (Å²) in [7, 11) is 2.01. The van der Waals surface area contributed by atoms with E-state index in [1.54, 1.807) is 19.2 Å². The number of ketones is 1. The maximum absolute atomic E-state index is 13.1. The van der Waals surface area contributed by atoms with Gasteiger partial charge in [0.15, 0.2) is 5.78 Å². The van der Waals surface area contributed by atoms with Crippen molar-refractivity contribution in [3.63, 3.8) is 0 Å². The minimum Gasteiger partial charge on any atom is -0.384 e. The van der Waals surface area contributed by atoms with Crippen molar-refractivity contribution in [3.8, 4) is 0 Å². The predicted molar refractivity (Wildman–Crippen MR) is 107 cm³/mol. The van der Waals surface area contributed by atoms with E-state index in [1.165, 1.54) is 0 Å². The predicted octanol–water partition coefficient (Wildman–Crippen LogP) is 1.81. The summed E-state index contributed by atoms with van der Waals surface area (Å²) in [6, 6.07) is 1.89. The van der Waals surface area contributed by atoms with Crippen molar-refractivity contribution in [1.29, 1.82) is 0 Å². The van der Waals surface area contributed by atoms with Gasteiger partial charge in [-0.05, 0) is 45.4 Å². The molecule has 2 aromatic heterocycles. The number of nitrogen functional groups attached to an aromatic ring is 1. The lowest BCUT2D eigenvalue weighted by atomic mass is 10.0. The highest BCUT2D eigenvalue weighted by molar-refractivity contribution is 6.02. The molecule has 0 unspecified atom stereocenters. The van der Waals surface area contributed by atoms with Crippen molar-refractivity contribution in [2.45, 2.75) is 46.2 Å². The van der Waals surface area contributed by atoms with Gasteiger partial charge in [0.1, 0.15) is 17.3 Å². The smallest absolute Gasteiger partial charge is 0.270 e. The fourth-order valence-electron chi connectivity index (χ4n) is 3.98. The summed E-state index contributed by atoms with van der Waals surface area (Å²) in [5, 5.41) is 0. The Hall–Kier alpha value is -2.74. The van der Waals surface area contributed by atoms with Crippen molar-refractivity contribution in [2.75, 3.05) is 25.9 Å². The number of H-pyrrole nitrogens is 1. The Morgan fingerprint density at radius 1 is 1.43 bits per heavy atom. The van der Waals surface area contributed by atoms with Gasteiger partial charge in [-0.3, -0.25) is 14.5 Å². The molecule has 28 heavy (non-hydrogen) atoms. The second-order valence-corrected chi connectivity index (χ2v) is 7.39. The molecule has 0 aliphatic carbocycles. The summed E-state index contributed by atoms with van der Waals surface area (Å²) in [4.78, 5) is 40.7. The van der Waals surface area contributed by atoms with Gasteiger partial charge < -0.3 is 15.6 Å². The Bertz CT molecular complexity index is 891. The molecule has 8 nitrogen and oxygen atoms in total. The number of hydrogen-bond donors (Lipinski definition) is 2. The lowest BCUT2D eigenvalue weighted by Crippen LogP contribution is -2.37. The van der Waals surface area contributed by atoms with Gasteiger partial charge in [-0.1, -0.05) is 6.92 Å². The zero-order valence-electron chi connectivity index (χ0n) is 17.0. The van der Waals surface area contributed by atoms with Crippen LogP contribution in [0.1, 0.15) is 58.2 Å². The summed E-state index contributed by atoms with van der Waals surface area (Å²) in [6.45, 7) is 7.25. The Morgan fingerprint density at radius 3 is 2.82 bits per heavy atom. The number of Topliss-reactive ketones (excluding diaryl/α,β-unsaturated/α-hetero) is 1. The van der Waals surface area contributed by atoms with Crippen LogP contribution in [0.2, 0.25) is 0 Å². The second kappa shape index (κ2) is 8.10. The number of carbonyl (C=O) groups is 2. The largest absolute Gasteiger partial charge is 0.384 e. The first-order valence-electron chi connectivity index (χ1n) is 9.61. The molecule has 2 aromatic rings. The van der Waals surface area contributed by atoms with Gasteiger partial charge in [0.05, 0.1) is 6.54 Å². The summed E-state index contributed by atoms with van der Waals surface area (Å²) < 4.78 is 0. The number of hydrogen-bond acceptors (Lipinski definition) is 6. The molecule has 1 fully saturated rings. The number of aryl methyl sites for hydroxylation is 1. The van der Waals surface area contributed by atoms with Crippen LogP contribution < -0.4 is 5.73 Å². The van der Waals surface area contributed by atoms with Gasteiger partial charge in [-0.25, -0.2) is 9.97 Å². The molecule has 3 rings (SSSR count). The molecule has 1 atom stereocenters. The molecule has 0 bridgehead atoms. The van der Waals surface area contributed by atoms with E-state index in [0.717, 1.165) is 17.7 Å². The van der Waals surface area contributed by atoms with E-state index in [9.17, 15) is 9.59 Å². The maximum Gasteiger partial charge on any atom is 0.270 e. The van der Waals surface area contributed by atoms with E-state index >= 15 is 0 Å². The molecule has 1 amide bonds. The van der Waals surface area contributed by atoms with Crippen LogP contribution in [0.4, 0.5) is 5.82 Å². The fraction of sp³-hybridized carbons (Fsp3) is 0.500. The number of nitrogens with zero attached hydrogens (tertiary/aromatic N) is 4. The molecule has 0 radical (unpaired) electrons. The number of aromatic amines is 1. The summed E-state index contributed by atoms with van der Waals surface area (Å²) >= 11 is 0. The molecule has 1 aliphatic rings. The van der Waals surface area contributed by atoms with Gasteiger partial charge in [0, 0.05) is 36.6 Å². The van der Waals surface area contributed by atoms with Crippen LogP contribution in [0.25, 0.3) is 0 Å². The lowest BCUT2D eigenvalue weighted by Gasteiger charge is -2.24. The van der Waals surface area contributed by atoms with E-state index in [2.05, 4.69) is 19.9 Å². The average molecular weight is 384 g/mol. The van der Waals surface area contributed by atoms with Crippen molar-refractivity contribution in [2.24, 2.45) is 0 Å². The minimum atomic E-state index is -0.0384. The molecule has 0 spiro atoms. The highest BCUT2D eigenvalue weighted by atomic mass is 16.2. The number of likely N-dealkylation sites (N-methyl/N-ethyl adjacent to an activating group) is 1. The number of amides is 1. The molecule has 150 valence electrons. The molecule has 1 saturated heterocycles. The number of nitrogens with one attached hydrogen (secondary N) is 1. The first kappa shape index (κ1) is 20.0. The highest BCUT2D eigenvalue weighted by Crippen LogP contribution is 2.24. The summed E-state index contributed by atoms with van der Waals surface area (Å²) in [5.74, 6) is 1.08. The summed E-state index contributed by atoms with van der Waals surface area (Å²) in [5.41, 5.74) is 8.51. The minimum absolute atomic E-state index is 0.00850. The van der Waals surface area contributed by atoms with Crippen LogP contribution >= 0.6 is 0 Å². The third-order valence-electron chi connectivity index (χ3n) is 5.40. The molecular weight excluding hydrogens is 356 g/mol. The standard InChI is InChI=1S/C20H28N6O2/c1-5-15-18(13(3)27)12(2)23-19(15)20(28)26-9-7-14(10-26)25(4)11-17-22-8-6-16(21)24-17/h6,8,14,23H,5,7,9-11H2,1-4H3,(H2,21,22,24)/t14-/m0/s1. The SMILES string of the molecule is CCc1c(C(=O)N2CC[C@H](N(C)Cc3nccc(N)n3)C2)[nH]c(C)c1C(C)=O. The van der Waals surface area contributed by atoms with Crippen molar-refractivity contribution >= 4 is 17.5 Å². The van der Waals surface area contributed by atoms with Gasteiger partial charge in [0.2, 0.25) is 0 Å². The van der Waals surface area contributed by atoms with Crippen LogP contribution in [0.3, 0.4) is 0 Å². The second-order valence-electron chi connectivity index (χ2n) is 7.39. The zero-order valence-corrected chi connectivity index (χ0v) is 17.0. The molecule has 0 saturated carbocycles. The van der Waals surface area contributed by atoms with Crippen molar-refractivity contribution < 1.29 is 9.59 Å². The Labute approximate surface area is 165 Å². The number of nitrogens with two attached hydrogens (primary N) is 1. The van der Waals surface area contributed by atoms with Gasteiger partial charge in [-0.2, -0.15) is 0 Å². The van der Waals surface area contributed by atoms with E-state index in [1.807, 2.05) is 25.8 Å². The van der Waals surface area contributed by atoms with Crippen molar-refractivity contribution in [3.05, 3.63) is 40.6 Å². The van der Waals surface area contributed by atoms with E-state index in [0.29, 0.717) is 49.0 Å². The van der Waals surface area contributed by atoms with E-state index < -0.39 is 0 Å². The number of carbonyl (C=O) groups excluding carboxylic acids is 2. The third-order valence-corrected chi connectivity index (χ3v) is 5.40. The van der Waals surface area contributed by atoms with Crippen LogP contribution in [-0.2, 0) is 13.0 Å². The van der Waals surface area contributed by atoms with Crippen molar-refractivity contribution in [1.82, 2.24) is 24.8 Å². The number of aromatic nitrogens is 3. The van der Waals surface area contributed by atoms with E-state index in [-0.39, 0.29) is 17.7 Å². The molecule has 8 heteroatoms. The van der Waals surface area contributed by atoms with Gasteiger partial charge in [0.25, 0.3) is 5.91 Å².